The first-order chi connectivity index (χ1) is 7.69. The van der Waals surface area contributed by atoms with Gasteiger partial charge in [-0.1, -0.05) is 25.5 Å². The number of nitrogens with zero attached hydrogens (tertiary/aromatic N) is 1. The highest BCUT2D eigenvalue weighted by Crippen LogP contribution is 2.19. The average Bonchev–Trinajstić information content (AvgIpc) is 2.30. The minimum Gasteiger partial charge on any atom is -0.465 e. The summed E-state index contributed by atoms with van der Waals surface area (Å²) >= 11 is 0. The molecule has 1 atom stereocenters. The third-order valence-electron chi connectivity index (χ3n) is 3.10. The van der Waals surface area contributed by atoms with Gasteiger partial charge in [-0.25, -0.2) is 0 Å². The maximum atomic E-state index is 11.8. The summed E-state index contributed by atoms with van der Waals surface area (Å²) in [6, 6.07) is -0.0444. The van der Waals surface area contributed by atoms with Gasteiger partial charge in [-0.05, 0) is 32.7 Å². The zero-order chi connectivity index (χ0) is 12.0. The zero-order valence-electron chi connectivity index (χ0n) is 10.5. The predicted molar refractivity (Wildman–Crippen MR) is 65.3 cm³/mol. The van der Waals surface area contributed by atoms with Crippen molar-refractivity contribution in [2.24, 2.45) is 0 Å². The maximum absolute atomic E-state index is 11.8. The van der Waals surface area contributed by atoms with Gasteiger partial charge in [0.05, 0.1) is 6.61 Å². The molecule has 1 aliphatic rings. The Morgan fingerprint density at radius 1 is 1.44 bits per heavy atom. The van der Waals surface area contributed by atoms with Crippen molar-refractivity contribution in [1.82, 2.24) is 4.90 Å². The first-order valence-electron chi connectivity index (χ1n) is 6.26. The van der Waals surface area contributed by atoms with Crippen LogP contribution in [0.1, 0.15) is 39.5 Å². The summed E-state index contributed by atoms with van der Waals surface area (Å²) in [6.45, 7) is 10.3. The molecule has 1 fully saturated rings. The van der Waals surface area contributed by atoms with E-state index in [0.29, 0.717) is 6.61 Å². The minimum atomic E-state index is -0.0638. The molecule has 0 amide bonds. The SMILES string of the molecule is C=C(CC)CN1CCCCC1C(=O)OCC. The number of carbonyl (C=O) groups is 1. The van der Waals surface area contributed by atoms with E-state index in [1.165, 1.54) is 12.0 Å². The summed E-state index contributed by atoms with van der Waals surface area (Å²) in [5.41, 5.74) is 1.19. The Hall–Kier alpha value is -0.830. The van der Waals surface area contributed by atoms with Gasteiger partial charge in [0.25, 0.3) is 0 Å². The van der Waals surface area contributed by atoms with Gasteiger partial charge in [-0.2, -0.15) is 0 Å². The van der Waals surface area contributed by atoms with Crippen molar-refractivity contribution in [1.29, 1.82) is 0 Å². The molecule has 1 heterocycles. The normalized spacial score (nSPS) is 21.8. The van der Waals surface area contributed by atoms with Crippen molar-refractivity contribution < 1.29 is 9.53 Å². The number of likely N-dealkylation sites (tertiary alicyclic amines) is 1. The summed E-state index contributed by atoms with van der Waals surface area (Å²) in [6.07, 6.45) is 4.20. The third kappa shape index (κ3) is 3.63. The van der Waals surface area contributed by atoms with Gasteiger partial charge >= 0.3 is 5.97 Å². The molecule has 0 N–H and O–H groups in total. The standard InChI is InChI=1S/C13H23NO2/c1-4-11(3)10-14-9-7-6-8-12(14)13(15)16-5-2/h12H,3-10H2,1-2H3. The highest BCUT2D eigenvalue weighted by atomic mass is 16.5. The average molecular weight is 225 g/mol. The van der Waals surface area contributed by atoms with Crippen molar-refractivity contribution in [2.45, 2.75) is 45.6 Å². The number of ether oxygens (including phenoxy) is 1. The molecule has 0 saturated carbocycles. The Morgan fingerprint density at radius 3 is 2.81 bits per heavy atom. The Kier molecular flexibility index (Phi) is 5.53. The lowest BCUT2D eigenvalue weighted by atomic mass is 10.0. The van der Waals surface area contributed by atoms with Gasteiger partial charge in [0.15, 0.2) is 0 Å². The number of hydrogen-bond donors (Lipinski definition) is 0. The molecule has 1 aliphatic heterocycles. The zero-order valence-corrected chi connectivity index (χ0v) is 10.5. The fraction of sp³-hybridized carbons (Fsp3) is 0.769. The molecule has 16 heavy (non-hydrogen) atoms. The van der Waals surface area contributed by atoms with E-state index in [9.17, 15) is 4.79 Å². The molecule has 1 unspecified atom stereocenters. The summed E-state index contributed by atoms with van der Waals surface area (Å²) < 4.78 is 5.12. The Morgan fingerprint density at radius 2 is 2.19 bits per heavy atom. The van der Waals surface area contributed by atoms with Crippen molar-refractivity contribution in [3.05, 3.63) is 12.2 Å². The molecule has 3 heteroatoms. The van der Waals surface area contributed by atoms with Crippen molar-refractivity contribution in [3.63, 3.8) is 0 Å². The molecule has 0 aromatic carbocycles. The lowest BCUT2D eigenvalue weighted by Gasteiger charge is -2.34. The van der Waals surface area contributed by atoms with Gasteiger partial charge in [-0.3, -0.25) is 9.69 Å². The highest BCUT2D eigenvalue weighted by Gasteiger charge is 2.29. The van der Waals surface area contributed by atoms with Crippen LogP contribution in [0.2, 0.25) is 0 Å². The largest absolute Gasteiger partial charge is 0.465 e. The Bertz CT molecular complexity index is 250. The number of esters is 1. The molecule has 1 rings (SSSR count). The van der Waals surface area contributed by atoms with Crippen LogP contribution in [-0.2, 0) is 9.53 Å². The number of rotatable bonds is 5. The van der Waals surface area contributed by atoms with Crippen molar-refractivity contribution in [2.75, 3.05) is 19.7 Å². The number of piperidine rings is 1. The van der Waals surface area contributed by atoms with Crippen LogP contribution in [0.3, 0.4) is 0 Å². The molecule has 0 aliphatic carbocycles. The first-order valence-corrected chi connectivity index (χ1v) is 6.26. The van der Waals surface area contributed by atoms with E-state index in [-0.39, 0.29) is 12.0 Å². The van der Waals surface area contributed by atoms with Gasteiger partial charge in [0.1, 0.15) is 6.04 Å². The first kappa shape index (κ1) is 13.2. The molecule has 0 bridgehead atoms. The summed E-state index contributed by atoms with van der Waals surface area (Å²) in [5, 5.41) is 0. The number of hydrogen-bond acceptors (Lipinski definition) is 3. The van der Waals surface area contributed by atoms with Crippen molar-refractivity contribution in [3.8, 4) is 0 Å². The van der Waals surface area contributed by atoms with E-state index in [1.807, 2.05) is 6.92 Å². The third-order valence-corrected chi connectivity index (χ3v) is 3.10. The van der Waals surface area contributed by atoms with Crippen LogP contribution in [-0.4, -0.2) is 36.6 Å². The minimum absolute atomic E-state index is 0.0444. The predicted octanol–water partition coefficient (Wildman–Crippen LogP) is 2.37. The van der Waals surface area contributed by atoms with Gasteiger partial charge in [0, 0.05) is 6.54 Å². The molecule has 0 spiro atoms. The van der Waals surface area contributed by atoms with Gasteiger partial charge < -0.3 is 4.74 Å². The van der Waals surface area contributed by atoms with Crippen LogP contribution in [0.25, 0.3) is 0 Å². The van der Waals surface area contributed by atoms with E-state index in [2.05, 4.69) is 18.4 Å². The monoisotopic (exact) mass is 225 g/mol. The fourth-order valence-electron chi connectivity index (χ4n) is 2.08. The van der Waals surface area contributed by atoms with Gasteiger partial charge in [0.2, 0.25) is 0 Å². The van der Waals surface area contributed by atoms with Crippen LogP contribution in [0.4, 0.5) is 0 Å². The quantitative estimate of drug-likeness (QED) is 0.531. The smallest absolute Gasteiger partial charge is 0.323 e. The lowest BCUT2D eigenvalue weighted by Crippen LogP contribution is -2.46. The van der Waals surface area contributed by atoms with E-state index >= 15 is 0 Å². The molecule has 1 saturated heterocycles. The van der Waals surface area contributed by atoms with E-state index in [4.69, 9.17) is 4.74 Å². The molecule has 0 radical (unpaired) electrons. The fourth-order valence-corrected chi connectivity index (χ4v) is 2.08. The number of carbonyl (C=O) groups excluding carboxylic acids is 1. The van der Waals surface area contributed by atoms with Crippen molar-refractivity contribution >= 4 is 5.97 Å². The summed E-state index contributed by atoms with van der Waals surface area (Å²) in [5.74, 6) is -0.0638. The second-order valence-electron chi connectivity index (χ2n) is 4.34. The molecular formula is C13H23NO2. The lowest BCUT2D eigenvalue weighted by molar-refractivity contribution is -0.150. The van der Waals surface area contributed by atoms with Crippen LogP contribution < -0.4 is 0 Å². The highest BCUT2D eigenvalue weighted by molar-refractivity contribution is 5.75. The van der Waals surface area contributed by atoms with Crippen LogP contribution in [0.15, 0.2) is 12.2 Å². The van der Waals surface area contributed by atoms with E-state index in [1.54, 1.807) is 0 Å². The van der Waals surface area contributed by atoms with Crippen LogP contribution >= 0.6 is 0 Å². The molecule has 0 aromatic heterocycles. The van der Waals surface area contributed by atoms with E-state index < -0.39 is 0 Å². The summed E-state index contributed by atoms with van der Waals surface area (Å²) in [4.78, 5) is 14.0. The molecule has 3 nitrogen and oxygen atoms in total. The van der Waals surface area contributed by atoms with Gasteiger partial charge in [-0.15, -0.1) is 0 Å². The second-order valence-corrected chi connectivity index (χ2v) is 4.34. The Labute approximate surface area is 98.5 Å². The second kappa shape index (κ2) is 6.69. The van der Waals surface area contributed by atoms with Crippen LogP contribution in [0.5, 0.6) is 0 Å². The Balaban J connectivity index is 2.56. The van der Waals surface area contributed by atoms with Crippen LogP contribution in [0, 0.1) is 0 Å². The molecule has 92 valence electrons. The topological polar surface area (TPSA) is 29.5 Å². The molecule has 0 aromatic rings. The molecular weight excluding hydrogens is 202 g/mol. The van der Waals surface area contributed by atoms with E-state index in [0.717, 1.165) is 32.4 Å². The summed E-state index contributed by atoms with van der Waals surface area (Å²) in [7, 11) is 0. The maximum Gasteiger partial charge on any atom is 0.323 e.